The van der Waals surface area contributed by atoms with Crippen molar-refractivity contribution in [2.75, 3.05) is 6.61 Å². The number of hydrogen-bond donors (Lipinski definition) is 0. The summed E-state index contributed by atoms with van der Waals surface area (Å²) in [6, 6.07) is 11.6. The lowest BCUT2D eigenvalue weighted by Gasteiger charge is -2.07. The van der Waals surface area contributed by atoms with Crippen molar-refractivity contribution in [2.24, 2.45) is 0 Å². The lowest BCUT2D eigenvalue weighted by atomic mass is 10.1. The lowest BCUT2D eigenvalue weighted by Crippen LogP contribution is -1.92. The highest BCUT2D eigenvalue weighted by molar-refractivity contribution is 6.35. The molecule has 1 nitrogen and oxygen atoms in total. The largest absolute Gasteiger partial charge is 0.493 e. The molecule has 2 aromatic rings. The molecule has 0 aliphatic carbocycles. The van der Waals surface area contributed by atoms with E-state index in [1.54, 1.807) is 0 Å². The third-order valence-corrected chi connectivity index (χ3v) is 2.42. The average molecular weight is 206 g/mol. The van der Waals surface area contributed by atoms with E-state index in [1.165, 1.54) is 0 Å². The molecule has 0 N–H and O–H groups in total. The molecule has 0 amide bonds. The van der Waals surface area contributed by atoms with Crippen LogP contribution in [0.3, 0.4) is 0 Å². The minimum Gasteiger partial charge on any atom is -0.493 e. The molecule has 0 saturated heterocycles. The molecule has 0 aliphatic rings. The predicted octanol–water partition coefficient (Wildman–Crippen LogP) is 3.71. The highest BCUT2D eigenvalue weighted by atomic mass is 35.5. The van der Waals surface area contributed by atoms with Crippen LogP contribution in [-0.2, 0) is 0 Å². The van der Waals surface area contributed by atoms with Gasteiger partial charge in [0.25, 0.3) is 0 Å². The van der Waals surface area contributed by atoms with Gasteiger partial charge in [0, 0.05) is 15.8 Å². The SMILES string of the molecule is [CH2]COc1ccc(Cl)c2ccccc12. The zero-order valence-electron chi connectivity index (χ0n) is 7.66. The normalized spacial score (nSPS) is 10.4. The number of halogens is 1. The molecule has 0 aliphatic heterocycles. The van der Waals surface area contributed by atoms with Crippen LogP contribution in [-0.4, -0.2) is 6.61 Å². The van der Waals surface area contributed by atoms with Gasteiger partial charge in [-0.3, -0.25) is 0 Å². The zero-order valence-corrected chi connectivity index (χ0v) is 8.42. The Kier molecular flexibility index (Phi) is 2.60. The molecule has 0 spiro atoms. The third kappa shape index (κ3) is 1.55. The number of benzene rings is 2. The quantitative estimate of drug-likeness (QED) is 0.727. The van der Waals surface area contributed by atoms with Gasteiger partial charge in [-0.2, -0.15) is 0 Å². The van der Waals surface area contributed by atoms with Gasteiger partial charge in [0.2, 0.25) is 0 Å². The van der Waals surface area contributed by atoms with E-state index >= 15 is 0 Å². The highest BCUT2D eigenvalue weighted by Crippen LogP contribution is 2.30. The van der Waals surface area contributed by atoms with Gasteiger partial charge in [-0.1, -0.05) is 35.9 Å². The van der Waals surface area contributed by atoms with Crippen molar-refractivity contribution < 1.29 is 4.74 Å². The molecule has 2 heteroatoms. The van der Waals surface area contributed by atoms with Crippen LogP contribution >= 0.6 is 11.6 Å². The maximum absolute atomic E-state index is 6.06. The monoisotopic (exact) mass is 205 g/mol. The summed E-state index contributed by atoms with van der Waals surface area (Å²) in [5.41, 5.74) is 0. The first-order chi connectivity index (χ1) is 6.83. The van der Waals surface area contributed by atoms with E-state index < -0.39 is 0 Å². The van der Waals surface area contributed by atoms with Crippen LogP contribution in [0.2, 0.25) is 5.02 Å². The van der Waals surface area contributed by atoms with Crippen LogP contribution in [0, 0.1) is 6.92 Å². The van der Waals surface area contributed by atoms with Crippen LogP contribution < -0.4 is 4.74 Å². The van der Waals surface area contributed by atoms with E-state index in [1.807, 2.05) is 36.4 Å². The van der Waals surface area contributed by atoms with Gasteiger partial charge in [0.1, 0.15) is 5.75 Å². The fraction of sp³-hybridized carbons (Fsp3) is 0.0833. The second kappa shape index (κ2) is 3.89. The van der Waals surface area contributed by atoms with Gasteiger partial charge in [0.05, 0.1) is 6.61 Å². The van der Waals surface area contributed by atoms with Crippen LogP contribution in [0.15, 0.2) is 36.4 Å². The Balaban J connectivity index is 2.68. The maximum atomic E-state index is 6.06. The first-order valence-electron chi connectivity index (χ1n) is 4.42. The first-order valence-corrected chi connectivity index (χ1v) is 4.80. The van der Waals surface area contributed by atoms with Gasteiger partial charge < -0.3 is 4.74 Å². The first kappa shape index (κ1) is 9.35. The van der Waals surface area contributed by atoms with E-state index in [4.69, 9.17) is 16.3 Å². The van der Waals surface area contributed by atoms with Crippen molar-refractivity contribution in [1.29, 1.82) is 0 Å². The fourth-order valence-corrected chi connectivity index (χ4v) is 1.70. The molecule has 14 heavy (non-hydrogen) atoms. The number of rotatable bonds is 2. The molecule has 0 aromatic heterocycles. The third-order valence-electron chi connectivity index (χ3n) is 2.09. The number of fused-ring (bicyclic) bond motifs is 1. The summed E-state index contributed by atoms with van der Waals surface area (Å²) < 4.78 is 5.40. The Morgan fingerprint density at radius 2 is 1.79 bits per heavy atom. The summed E-state index contributed by atoms with van der Waals surface area (Å²) in [6.45, 7) is 4.08. The molecule has 0 saturated carbocycles. The van der Waals surface area contributed by atoms with Crippen molar-refractivity contribution in [1.82, 2.24) is 0 Å². The van der Waals surface area contributed by atoms with Gasteiger partial charge in [-0.25, -0.2) is 0 Å². The summed E-state index contributed by atoms with van der Waals surface area (Å²) in [5, 5.41) is 2.79. The van der Waals surface area contributed by atoms with E-state index in [0.29, 0.717) is 6.61 Å². The van der Waals surface area contributed by atoms with Crippen molar-refractivity contribution in [3.63, 3.8) is 0 Å². The van der Waals surface area contributed by atoms with E-state index in [0.717, 1.165) is 21.5 Å². The summed E-state index contributed by atoms with van der Waals surface area (Å²) >= 11 is 6.06. The van der Waals surface area contributed by atoms with Crippen molar-refractivity contribution in [3.05, 3.63) is 48.3 Å². The highest BCUT2D eigenvalue weighted by Gasteiger charge is 2.03. The van der Waals surface area contributed by atoms with E-state index in [2.05, 4.69) is 6.92 Å². The topological polar surface area (TPSA) is 9.23 Å². The minimum atomic E-state index is 0.422. The molecular formula is C12H10ClO. The summed E-state index contributed by atoms with van der Waals surface area (Å²) in [5.74, 6) is 0.833. The zero-order chi connectivity index (χ0) is 9.97. The van der Waals surface area contributed by atoms with Crippen molar-refractivity contribution in [3.8, 4) is 5.75 Å². The second-order valence-corrected chi connectivity index (χ2v) is 3.35. The van der Waals surface area contributed by atoms with E-state index in [9.17, 15) is 0 Å². The van der Waals surface area contributed by atoms with Gasteiger partial charge in [-0.05, 0) is 19.1 Å². The van der Waals surface area contributed by atoms with Crippen molar-refractivity contribution >= 4 is 22.4 Å². The van der Waals surface area contributed by atoms with Gasteiger partial charge in [-0.15, -0.1) is 0 Å². The molecule has 0 heterocycles. The number of hydrogen-bond acceptors (Lipinski definition) is 1. The Labute approximate surface area is 88.3 Å². The fourth-order valence-electron chi connectivity index (χ4n) is 1.47. The van der Waals surface area contributed by atoms with Crippen LogP contribution in [0.1, 0.15) is 0 Å². The second-order valence-electron chi connectivity index (χ2n) is 2.94. The smallest absolute Gasteiger partial charge is 0.127 e. The van der Waals surface area contributed by atoms with Crippen molar-refractivity contribution in [2.45, 2.75) is 0 Å². The standard InChI is InChI=1S/C12H10ClO/c1-2-14-12-8-7-11(13)9-5-3-4-6-10(9)12/h3-8H,1-2H2. The predicted molar refractivity (Wildman–Crippen MR) is 59.8 cm³/mol. The summed E-state index contributed by atoms with van der Waals surface area (Å²) in [6.07, 6.45) is 0. The number of ether oxygens (including phenoxy) is 1. The molecule has 0 fully saturated rings. The Morgan fingerprint density at radius 1 is 1.07 bits per heavy atom. The Hall–Kier alpha value is -1.21. The maximum Gasteiger partial charge on any atom is 0.127 e. The van der Waals surface area contributed by atoms with Crippen LogP contribution in [0.5, 0.6) is 5.75 Å². The molecule has 1 radical (unpaired) electrons. The minimum absolute atomic E-state index is 0.422. The molecule has 0 atom stereocenters. The Bertz CT molecular complexity index is 451. The molecule has 0 bridgehead atoms. The van der Waals surface area contributed by atoms with Gasteiger partial charge >= 0.3 is 0 Å². The van der Waals surface area contributed by atoms with E-state index in [-0.39, 0.29) is 0 Å². The molecule has 2 rings (SSSR count). The summed E-state index contributed by atoms with van der Waals surface area (Å²) in [7, 11) is 0. The molecular weight excluding hydrogens is 196 g/mol. The molecule has 2 aromatic carbocycles. The Morgan fingerprint density at radius 3 is 2.50 bits per heavy atom. The average Bonchev–Trinajstić information content (AvgIpc) is 2.23. The van der Waals surface area contributed by atoms with Crippen LogP contribution in [0.4, 0.5) is 0 Å². The lowest BCUT2D eigenvalue weighted by molar-refractivity contribution is 0.365. The molecule has 71 valence electrons. The summed E-state index contributed by atoms with van der Waals surface area (Å²) in [4.78, 5) is 0. The van der Waals surface area contributed by atoms with Crippen LogP contribution in [0.25, 0.3) is 10.8 Å². The molecule has 0 unspecified atom stereocenters. The van der Waals surface area contributed by atoms with Gasteiger partial charge in [0.15, 0.2) is 0 Å².